The van der Waals surface area contributed by atoms with Gasteiger partial charge in [0.05, 0.1) is 13.2 Å². The molecule has 3 aromatic rings. The van der Waals surface area contributed by atoms with E-state index in [1.807, 2.05) is 50.2 Å². The highest BCUT2D eigenvalue weighted by molar-refractivity contribution is 5.72. The second-order valence-electron chi connectivity index (χ2n) is 8.18. The van der Waals surface area contributed by atoms with Crippen molar-refractivity contribution in [3.63, 3.8) is 0 Å². The maximum atomic E-state index is 9.44. The standard InChI is InChI=1S/C26H30O4/c1-18-14-23(30-26(3,4)17-28)12-13-24(18)25-7-5-6-21(19(25)2)16-29-22-10-8-20(15-27)9-11-22/h5-14,27-28H,15-17H2,1-4H3. The molecular formula is C26H30O4. The maximum Gasteiger partial charge on any atom is 0.126 e. The molecule has 4 nitrogen and oxygen atoms in total. The molecule has 3 rings (SSSR count). The van der Waals surface area contributed by atoms with Gasteiger partial charge in [0.2, 0.25) is 0 Å². The predicted molar refractivity (Wildman–Crippen MR) is 120 cm³/mol. The van der Waals surface area contributed by atoms with Crippen molar-refractivity contribution in [1.29, 1.82) is 0 Å². The van der Waals surface area contributed by atoms with Crippen molar-refractivity contribution in [2.24, 2.45) is 0 Å². The molecule has 158 valence electrons. The summed E-state index contributed by atoms with van der Waals surface area (Å²) in [6, 6.07) is 19.8. The number of hydrogen-bond acceptors (Lipinski definition) is 4. The molecule has 0 aromatic heterocycles. The van der Waals surface area contributed by atoms with Gasteiger partial charge < -0.3 is 19.7 Å². The van der Waals surface area contributed by atoms with Gasteiger partial charge in [0.1, 0.15) is 23.7 Å². The molecule has 0 radical (unpaired) electrons. The fraction of sp³-hybridized carbons (Fsp3) is 0.308. The van der Waals surface area contributed by atoms with Crippen LogP contribution in [0.4, 0.5) is 0 Å². The van der Waals surface area contributed by atoms with E-state index in [1.165, 1.54) is 5.56 Å². The number of benzene rings is 3. The Kier molecular flexibility index (Phi) is 6.80. The van der Waals surface area contributed by atoms with Crippen molar-refractivity contribution in [3.05, 3.63) is 82.9 Å². The lowest BCUT2D eigenvalue weighted by Crippen LogP contribution is -2.32. The summed E-state index contributed by atoms with van der Waals surface area (Å²) in [5.41, 5.74) is 5.98. The highest BCUT2D eigenvalue weighted by Crippen LogP contribution is 2.32. The minimum absolute atomic E-state index is 0.0299. The van der Waals surface area contributed by atoms with Crippen molar-refractivity contribution in [2.45, 2.75) is 46.5 Å². The minimum Gasteiger partial charge on any atom is -0.489 e. The third-order valence-electron chi connectivity index (χ3n) is 5.21. The van der Waals surface area contributed by atoms with Crippen LogP contribution in [0.2, 0.25) is 0 Å². The molecule has 3 aromatic carbocycles. The quantitative estimate of drug-likeness (QED) is 0.540. The molecule has 0 saturated carbocycles. The molecule has 0 atom stereocenters. The smallest absolute Gasteiger partial charge is 0.126 e. The normalized spacial score (nSPS) is 11.4. The third kappa shape index (κ3) is 5.21. The molecule has 0 unspecified atom stereocenters. The summed E-state index contributed by atoms with van der Waals surface area (Å²) in [5.74, 6) is 1.53. The first-order valence-corrected chi connectivity index (χ1v) is 10.1. The molecule has 4 heteroatoms. The number of hydrogen-bond donors (Lipinski definition) is 2. The molecular weight excluding hydrogens is 376 g/mol. The van der Waals surface area contributed by atoms with E-state index in [2.05, 4.69) is 38.1 Å². The first-order valence-electron chi connectivity index (χ1n) is 10.1. The van der Waals surface area contributed by atoms with Gasteiger partial charge in [0, 0.05) is 0 Å². The Morgan fingerprint density at radius 1 is 0.833 bits per heavy atom. The fourth-order valence-corrected chi connectivity index (χ4v) is 3.34. The molecule has 0 spiro atoms. The van der Waals surface area contributed by atoms with Crippen molar-refractivity contribution in [2.75, 3.05) is 6.61 Å². The topological polar surface area (TPSA) is 58.9 Å². The lowest BCUT2D eigenvalue weighted by atomic mass is 9.93. The van der Waals surface area contributed by atoms with Crippen LogP contribution < -0.4 is 9.47 Å². The van der Waals surface area contributed by atoms with Crippen molar-refractivity contribution in [3.8, 4) is 22.6 Å². The number of aliphatic hydroxyl groups is 2. The van der Waals surface area contributed by atoms with Crippen LogP contribution in [-0.2, 0) is 13.2 Å². The summed E-state index contributed by atoms with van der Waals surface area (Å²) in [4.78, 5) is 0. The molecule has 0 heterocycles. The van der Waals surface area contributed by atoms with E-state index >= 15 is 0 Å². The molecule has 0 aliphatic carbocycles. The first-order chi connectivity index (χ1) is 14.3. The number of ether oxygens (including phenoxy) is 2. The maximum absolute atomic E-state index is 9.44. The fourth-order valence-electron chi connectivity index (χ4n) is 3.34. The zero-order chi connectivity index (χ0) is 21.7. The summed E-state index contributed by atoms with van der Waals surface area (Å²) < 4.78 is 11.8. The summed E-state index contributed by atoms with van der Waals surface area (Å²) >= 11 is 0. The average Bonchev–Trinajstić information content (AvgIpc) is 2.74. The summed E-state index contributed by atoms with van der Waals surface area (Å²) in [6.45, 7) is 8.37. The Labute approximate surface area is 178 Å². The van der Waals surface area contributed by atoms with Gasteiger partial charge >= 0.3 is 0 Å². The molecule has 0 aliphatic rings. The largest absolute Gasteiger partial charge is 0.489 e. The van der Waals surface area contributed by atoms with Crippen LogP contribution in [0.25, 0.3) is 11.1 Å². The van der Waals surface area contributed by atoms with E-state index in [-0.39, 0.29) is 13.2 Å². The molecule has 2 N–H and O–H groups in total. The van der Waals surface area contributed by atoms with Crippen molar-refractivity contribution in [1.82, 2.24) is 0 Å². The summed E-state index contributed by atoms with van der Waals surface area (Å²) in [6.07, 6.45) is 0. The van der Waals surface area contributed by atoms with Gasteiger partial charge in [0.15, 0.2) is 0 Å². The van der Waals surface area contributed by atoms with E-state index in [0.29, 0.717) is 6.61 Å². The van der Waals surface area contributed by atoms with Gasteiger partial charge in [-0.2, -0.15) is 0 Å². The van der Waals surface area contributed by atoms with Crippen molar-refractivity contribution < 1.29 is 19.7 Å². The van der Waals surface area contributed by atoms with Crippen LogP contribution in [0, 0.1) is 13.8 Å². The second kappa shape index (κ2) is 9.33. The first kappa shape index (κ1) is 21.9. The summed E-state index contributed by atoms with van der Waals surface area (Å²) in [7, 11) is 0. The summed E-state index contributed by atoms with van der Waals surface area (Å²) in [5, 5.41) is 18.6. The van der Waals surface area contributed by atoms with Gasteiger partial charge in [0.25, 0.3) is 0 Å². The Balaban J connectivity index is 1.80. The predicted octanol–water partition coefficient (Wildman–Crippen LogP) is 5.19. The molecule has 0 bridgehead atoms. The molecule has 30 heavy (non-hydrogen) atoms. The van der Waals surface area contributed by atoms with E-state index in [0.717, 1.165) is 39.3 Å². The number of aryl methyl sites for hydroxylation is 1. The Hall–Kier alpha value is -2.82. The van der Waals surface area contributed by atoms with Crippen LogP contribution in [0.15, 0.2) is 60.7 Å². The van der Waals surface area contributed by atoms with E-state index in [1.54, 1.807) is 0 Å². The average molecular weight is 407 g/mol. The monoisotopic (exact) mass is 406 g/mol. The Bertz CT molecular complexity index is 990. The van der Waals surface area contributed by atoms with Crippen LogP contribution in [0.3, 0.4) is 0 Å². The highest BCUT2D eigenvalue weighted by atomic mass is 16.5. The van der Waals surface area contributed by atoms with Crippen LogP contribution in [-0.4, -0.2) is 22.4 Å². The minimum atomic E-state index is -0.615. The van der Waals surface area contributed by atoms with Gasteiger partial charge in [-0.3, -0.25) is 0 Å². The van der Waals surface area contributed by atoms with Crippen LogP contribution >= 0.6 is 0 Å². The van der Waals surface area contributed by atoms with Crippen LogP contribution in [0.5, 0.6) is 11.5 Å². The van der Waals surface area contributed by atoms with Crippen LogP contribution in [0.1, 0.15) is 36.1 Å². The SMILES string of the molecule is Cc1cc(OC(C)(C)CO)ccc1-c1cccc(COc2ccc(CO)cc2)c1C. The zero-order valence-electron chi connectivity index (χ0n) is 18.1. The van der Waals surface area contributed by atoms with E-state index in [9.17, 15) is 5.11 Å². The lowest BCUT2D eigenvalue weighted by molar-refractivity contribution is 0.0412. The zero-order valence-corrected chi connectivity index (χ0v) is 18.1. The van der Waals surface area contributed by atoms with E-state index in [4.69, 9.17) is 14.6 Å². The molecule has 0 saturated heterocycles. The molecule has 0 fully saturated rings. The highest BCUT2D eigenvalue weighted by Gasteiger charge is 2.19. The number of aliphatic hydroxyl groups excluding tert-OH is 2. The van der Waals surface area contributed by atoms with E-state index < -0.39 is 5.60 Å². The lowest BCUT2D eigenvalue weighted by Gasteiger charge is -2.24. The van der Waals surface area contributed by atoms with Gasteiger partial charge in [-0.1, -0.05) is 36.4 Å². The van der Waals surface area contributed by atoms with Gasteiger partial charge in [-0.15, -0.1) is 0 Å². The van der Waals surface area contributed by atoms with Gasteiger partial charge in [-0.25, -0.2) is 0 Å². The molecule has 0 amide bonds. The Morgan fingerprint density at radius 3 is 2.17 bits per heavy atom. The molecule has 0 aliphatic heterocycles. The van der Waals surface area contributed by atoms with Crippen molar-refractivity contribution >= 4 is 0 Å². The Morgan fingerprint density at radius 2 is 1.53 bits per heavy atom. The number of rotatable bonds is 8. The van der Waals surface area contributed by atoms with Gasteiger partial charge in [-0.05, 0) is 85.3 Å². The third-order valence-corrected chi connectivity index (χ3v) is 5.21. The second-order valence-corrected chi connectivity index (χ2v) is 8.18.